The van der Waals surface area contributed by atoms with Crippen molar-refractivity contribution < 1.29 is 23.7 Å². The lowest BCUT2D eigenvalue weighted by molar-refractivity contribution is -0.111. The van der Waals surface area contributed by atoms with Gasteiger partial charge in [-0.05, 0) is 53.6 Å². The molecule has 1 amide bonds. The highest BCUT2D eigenvalue weighted by atomic mass is 16.6. The number of ether oxygens (including phenoxy) is 4. The maximum absolute atomic E-state index is 12.3. The van der Waals surface area contributed by atoms with Crippen LogP contribution < -0.4 is 24.3 Å². The Bertz CT molecular complexity index is 1040. The molecule has 0 saturated heterocycles. The molecule has 1 aliphatic rings. The molecule has 31 heavy (non-hydrogen) atoms. The predicted octanol–water partition coefficient (Wildman–Crippen LogP) is 4.70. The van der Waals surface area contributed by atoms with Crippen LogP contribution in [0, 0.1) is 0 Å². The fourth-order valence-electron chi connectivity index (χ4n) is 3.12. The van der Waals surface area contributed by atoms with E-state index >= 15 is 0 Å². The van der Waals surface area contributed by atoms with Crippen molar-refractivity contribution in [1.82, 2.24) is 0 Å². The summed E-state index contributed by atoms with van der Waals surface area (Å²) < 4.78 is 22.3. The lowest BCUT2D eigenvalue weighted by Crippen LogP contribution is -2.16. The molecule has 4 rings (SSSR count). The van der Waals surface area contributed by atoms with Crippen molar-refractivity contribution in [3.8, 4) is 23.0 Å². The third-order valence-corrected chi connectivity index (χ3v) is 4.65. The Labute approximate surface area is 181 Å². The van der Waals surface area contributed by atoms with Crippen LogP contribution in [-0.4, -0.2) is 26.2 Å². The largest absolute Gasteiger partial charge is 0.493 e. The zero-order chi connectivity index (χ0) is 21.5. The van der Waals surface area contributed by atoms with E-state index in [2.05, 4.69) is 5.32 Å². The van der Waals surface area contributed by atoms with Gasteiger partial charge in [0.2, 0.25) is 11.7 Å². The van der Waals surface area contributed by atoms with E-state index in [1.54, 1.807) is 31.4 Å². The average Bonchev–Trinajstić information content (AvgIpc) is 2.82. The van der Waals surface area contributed by atoms with Crippen molar-refractivity contribution >= 4 is 17.7 Å². The summed E-state index contributed by atoms with van der Waals surface area (Å²) in [6, 6.07) is 20.8. The number of rotatable bonds is 7. The molecule has 0 bridgehead atoms. The highest BCUT2D eigenvalue weighted by Gasteiger charge is 2.17. The van der Waals surface area contributed by atoms with Gasteiger partial charge in [0.25, 0.3) is 0 Å². The number of carbonyl (C=O) groups excluding carboxylic acids is 1. The monoisotopic (exact) mass is 417 g/mol. The van der Waals surface area contributed by atoms with Gasteiger partial charge in [0.15, 0.2) is 11.5 Å². The van der Waals surface area contributed by atoms with Crippen LogP contribution in [0.15, 0.2) is 72.8 Å². The summed E-state index contributed by atoms with van der Waals surface area (Å²) >= 11 is 0. The zero-order valence-electron chi connectivity index (χ0n) is 17.2. The number of methoxy groups -OCH3 is 1. The standard InChI is InChI=1S/C25H23NO5/c1-28-22-15-19(16-23-25(22)30-14-13-29-23)7-12-24(27)26-20-8-10-21(11-9-20)31-17-18-5-3-2-4-6-18/h2-12,15-16H,13-14,17H2,1H3,(H,26,27)/b12-7+. The molecule has 0 radical (unpaired) electrons. The summed E-state index contributed by atoms with van der Waals surface area (Å²) in [6.45, 7) is 1.46. The molecule has 0 aromatic heterocycles. The number of hydrogen-bond acceptors (Lipinski definition) is 5. The second-order valence-electron chi connectivity index (χ2n) is 6.87. The molecule has 0 aliphatic carbocycles. The van der Waals surface area contributed by atoms with Crippen LogP contribution >= 0.6 is 0 Å². The summed E-state index contributed by atoms with van der Waals surface area (Å²) in [5.74, 6) is 2.26. The van der Waals surface area contributed by atoms with E-state index in [9.17, 15) is 4.79 Å². The fourth-order valence-corrected chi connectivity index (χ4v) is 3.12. The first-order valence-electron chi connectivity index (χ1n) is 9.95. The third-order valence-electron chi connectivity index (χ3n) is 4.65. The molecular weight excluding hydrogens is 394 g/mol. The van der Waals surface area contributed by atoms with E-state index in [4.69, 9.17) is 18.9 Å². The SMILES string of the molecule is COc1cc(/C=C/C(=O)Nc2ccc(OCc3ccccc3)cc2)cc2c1OCCO2. The number of hydrogen-bond donors (Lipinski definition) is 1. The van der Waals surface area contributed by atoms with Crippen LogP contribution in [0.3, 0.4) is 0 Å². The van der Waals surface area contributed by atoms with E-state index in [0.29, 0.717) is 42.8 Å². The minimum absolute atomic E-state index is 0.244. The van der Waals surface area contributed by atoms with Gasteiger partial charge < -0.3 is 24.3 Å². The minimum atomic E-state index is -0.244. The van der Waals surface area contributed by atoms with Crippen LogP contribution in [-0.2, 0) is 11.4 Å². The Balaban J connectivity index is 1.35. The Hall–Kier alpha value is -3.93. The first-order chi connectivity index (χ1) is 15.2. The maximum atomic E-state index is 12.3. The molecule has 0 unspecified atom stereocenters. The van der Waals surface area contributed by atoms with Gasteiger partial charge in [-0.25, -0.2) is 0 Å². The Morgan fingerprint density at radius 1 is 1.03 bits per heavy atom. The van der Waals surface area contributed by atoms with Crippen LogP contribution in [0.25, 0.3) is 6.08 Å². The van der Waals surface area contributed by atoms with Crippen molar-refractivity contribution in [1.29, 1.82) is 0 Å². The van der Waals surface area contributed by atoms with E-state index in [1.807, 2.05) is 48.5 Å². The molecule has 0 saturated carbocycles. The second-order valence-corrected chi connectivity index (χ2v) is 6.87. The van der Waals surface area contributed by atoms with Crippen molar-refractivity contribution in [2.24, 2.45) is 0 Å². The lowest BCUT2D eigenvalue weighted by atomic mass is 10.1. The number of fused-ring (bicyclic) bond motifs is 1. The van der Waals surface area contributed by atoms with Gasteiger partial charge in [-0.1, -0.05) is 30.3 Å². The number of amides is 1. The van der Waals surface area contributed by atoms with Gasteiger partial charge in [0.1, 0.15) is 25.6 Å². The van der Waals surface area contributed by atoms with Gasteiger partial charge in [-0.3, -0.25) is 4.79 Å². The highest BCUT2D eigenvalue weighted by Crippen LogP contribution is 2.40. The van der Waals surface area contributed by atoms with Crippen LogP contribution in [0.5, 0.6) is 23.0 Å². The summed E-state index contributed by atoms with van der Waals surface area (Å²) in [5.41, 5.74) is 2.56. The van der Waals surface area contributed by atoms with E-state index < -0.39 is 0 Å². The van der Waals surface area contributed by atoms with Gasteiger partial charge in [-0.2, -0.15) is 0 Å². The lowest BCUT2D eigenvalue weighted by Gasteiger charge is -2.20. The molecule has 3 aromatic rings. The molecule has 6 heteroatoms. The smallest absolute Gasteiger partial charge is 0.248 e. The molecule has 1 aliphatic heterocycles. The summed E-state index contributed by atoms with van der Waals surface area (Å²) in [4.78, 5) is 12.3. The highest BCUT2D eigenvalue weighted by molar-refractivity contribution is 6.02. The molecule has 0 spiro atoms. The van der Waals surface area contributed by atoms with Gasteiger partial charge >= 0.3 is 0 Å². The average molecular weight is 417 g/mol. The van der Waals surface area contributed by atoms with Gasteiger partial charge in [0, 0.05) is 11.8 Å². The number of nitrogens with one attached hydrogen (secondary N) is 1. The Morgan fingerprint density at radius 2 is 1.81 bits per heavy atom. The molecule has 158 valence electrons. The van der Waals surface area contributed by atoms with E-state index in [1.165, 1.54) is 6.08 Å². The molecule has 3 aromatic carbocycles. The maximum Gasteiger partial charge on any atom is 0.248 e. The molecule has 0 fully saturated rings. The fraction of sp³-hybridized carbons (Fsp3) is 0.160. The molecule has 6 nitrogen and oxygen atoms in total. The van der Waals surface area contributed by atoms with Gasteiger partial charge in [-0.15, -0.1) is 0 Å². The Morgan fingerprint density at radius 3 is 2.58 bits per heavy atom. The third kappa shape index (κ3) is 5.36. The Kier molecular flexibility index (Phi) is 6.38. The molecule has 1 N–H and O–H groups in total. The molecular formula is C25H23NO5. The number of anilines is 1. The summed E-state index contributed by atoms with van der Waals surface area (Å²) in [7, 11) is 1.57. The van der Waals surface area contributed by atoms with Crippen molar-refractivity contribution in [3.63, 3.8) is 0 Å². The predicted molar refractivity (Wildman–Crippen MR) is 119 cm³/mol. The topological polar surface area (TPSA) is 66.0 Å². The summed E-state index contributed by atoms with van der Waals surface area (Å²) in [5, 5.41) is 2.84. The quantitative estimate of drug-likeness (QED) is 0.565. The zero-order valence-corrected chi connectivity index (χ0v) is 17.2. The van der Waals surface area contributed by atoms with Crippen LogP contribution in [0.4, 0.5) is 5.69 Å². The van der Waals surface area contributed by atoms with E-state index in [-0.39, 0.29) is 5.91 Å². The second kappa shape index (κ2) is 9.71. The first-order valence-corrected chi connectivity index (χ1v) is 9.95. The molecule has 0 atom stereocenters. The summed E-state index contributed by atoms with van der Waals surface area (Å²) in [6.07, 6.45) is 3.16. The first kappa shape index (κ1) is 20.3. The van der Waals surface area contributed by atoms with Crippen molar-refractivity contribution in [2.75, 3.05) is 25.6 Å². The minimum Gasteiger partial charge on any atom is -0.493 e. The number of carbonyl (C=O) groups is 1. The van der Waals surface area contributed by atoms with Gasteiger partial charge in [0.05, 0.1) is 7.11 Å². The molecule has 1 heterocycles. The van der Waals surface area contributed by atoms with Crippen molar-refractivity contribution in [3.05, 3.63) is 83.9 Å². The van der Waals surface area contributed by atoms with Crippen LogP contribution in [0.2, 0.25) is 0 Å². The normalized spacial score (nSPS) is 12.4. The van der Waals surface area contributed by atoms with E-state index in [0.717, 1.165) is 16.9 Å². The van der Waals surface area contributed by atoms with Crippen molar-refractivity contribution in [2.45, 2.75) is 6.61 Å². The number of benzene rings is 3. The van der Waals surface area contributed by atoms with Crippen LogP contribution in [0.1, 0.15) is 11.1 Å².